The summed E-state index contributed by atoms with van der Waals surface area (Å²) in [5.74, 6) is 1.27. The first-order valence-corrected chi connectivity index (χ1v) is 12.6. The van der Waals surface area contributed by atoms with Crippen molar-refractivity contribution >= 4 is 40.1 Å². The van der Waals surface area contributed by atoms with E-state index in [2.05, 4.69) is 21.4 Å². The van der Waals surface area contributed by atoms with Crippen LogP contribution in [0.15, 0.2) is 60.0 Å². The number of nitrogens with zero attached hydrogens (tertiary/aromatic N) is 4. The molecule has 5 rings (SSSR count). The Hall–Kier alpha value is -3.76. The minimum Gasteiger partial charge on any atom is -0.443 e. The highest BCUT2D eigenvalue weighted by molar-refractivity contribution is 7.17. The number of hydrogen-bond acceptors (Lipinski definition) is 7. The van der Waals surface area contributed by atoms with E-state index in [1.165, 1.54) is 23.8 Å². The topological polar surface area (TPSA) is 113 Å². The smallest absolute Gasteiger partial charge is 0.268 e. The summed E-state index contributed by atoms with van der Waals surface area (Å²) < 4.78 is 7.43. The van der Waals surface area contributed by atoms with Crippen LogP contribution < -0.4 is 5.32 Å². The summed E-state index contributed by atoms with van der Waals surface area (Å²) in [6, 6.07) is 9.45. The Bertz CT molecular complexity index is 1400. The Morgan fingerprint density at radius 1 is 1.33 bits per heavy atom. The van der Waals surface area contributed by atoms with Crippen molar-refractivity contribution in [3.63, 3.8) is 0 Å². The third-order valence-electron chi connectivity index (χ3n) is 6.67. The van der Waals surface area contributed by atoms with Gasteiger partial charge >= 0.3 is 0 Å². The summed E-state index contributed by atoms with van der Waals surface area (Å²) in [6.45, 7) is 4.15. The summed E-state index contributed by atoms with van der Waals surface area (Å²) in [5, 5.41) is 12.6. The fourth-order valence-electron chi connectivity index (χ4n) is 4.58. The van der Waals surface area contributed by atoms with E-state index in [0.717, 1.165) is 40.7 Å². The number of oxazole rings is 1. The number of aliphatic hydroxyl groups is 1. The molecular weight excluding hydrogens is 478 g/mol. The quantitative estimate of drug-likeness (QED) is 0.324. The van der Waals surface area contributed by atoms with Crippen LogP contribution in [0.4, 0.5) is 5.95 Å². The number of carbonyl (C=O) groups is 2. The van der Waals surface area contributed by atoms with Gasteiger partial charge in [0.25, 0.3) is 5.91 Å². The number of anilines is 1. The second kappa shape index (κ2) is 10.1. The standard InChI is InChI=1S/C26H27N5O4S/c1-3-24(33)30(2)9-8-16-10-18(11-16)31-20-5-4-17(14-32)12-19(20)28-26(31)29-25(34)23-7-6-22(36-23)21-13-27-15-35-21/h3-7,12-13,15-16,18,32H,1,8-11,14H2,2H3,(H,28,29,34). The summed E-state index contributed by atoms with van der Waals surface area (Å²) in [5.41, 5.74) is 2.41. The molecule has 2 amide bonds. The van der Waals surface area contributed by atoms with E-state index in [0.29, 0.717) is 29.0 Å². The van der Waals surface area contributed by atoms with Crippen molar-refractivity contribution in [1.82, 2.24) is 19.4 Å². The minimum absolute atomic E-state index is 0.0730. The van der Waals surface area contributed by atoms with E-state index in [4.69, 9.17) is 9.40 Å². The highest BCUT2D eigenvalue weighted by atomic mass is 32.1. The molecule has 10 heteroatoms. The normalized spacial score (nSPS) is 17.1. The van der Waals surface area contributed by atoms with E-state index in [1.807, 2.05) is 24.3 Å². The number of aliphatic hydroxyl groups excluding tert-OH is 1. The molecule has 0 radical (unpaired) electrons. The third-order valence-corrected chi connectivity index (χ3v) is 7.76. The van der Waals surface area contributed by atoms with E-state index < -0.39 is 0 Å². The molecule has 0 bridgehead atoms. The molecule has 1 fully saturated rings. The lowest BCUT2D eigenvalue weighted by Crippen LogP contribution is -2.33. The van der Waals surface area contributed by atoms with E-state index in [1.54, 1.807) is 24.2 Å². The molecule has 186 valence electrons. The zero-order valence-corrected chi connectivity index (χ0v) is 20.7. The van der Waals surface area contributed by atoms with Gasteiger partial charge in [0.2, 0.25) is 11.9 Å². The number of rotatable bonds is 9. The Balaban J connectivity index is 1.35. The van der Waals surface area contributed by atoms with Crippen LogP contribution in [0.2, 0.25) is 0 Å². The fraction of sp³-hybridized carbons (Fsp3) is 0.308. The molecule has 3 heterocycles. The molecule has 0 atom stereocenters. The number of thiophene rings is 1. The molecular formula is C26H27N5O4S. The maximum atomic E-state index is 13.1. The lowest BCUT2D eigenvalue weighted by molar-refractivity contribution is -0.125. The van der Waals surface area contributed by atoms with Crippen LogP contribution >= 0.6 is 11.3 Å². The number of benzene rings is 1. The number of nitrogens with one attached hydrogen (secondary N) is 1. The summed E-state index contributed by atoms with van der Waals surface area (Å²) in [6.07, 6.45) is 7.08. The van der Waals surface area contributed by atoms with Gasteiger partial charge in [-0.05, 0) is 61.1 Å². The Labute approximate surface area is 212 Å². The lowest BCUT2D eigenvalue weighted by atomic mass is 9.78. The van der Waals surface area contributed by atoms with Gasteiger partial charge in [-0.15, -0.1) is 11.3 Å². The average Bonchev–Trinajstić information content (AvgIpc) is 3.62. The van der Waals surface area contributed by atoms with Gasteiger partial charge < -0.3 is 19.0 Å². The fourth-order valence-corrected chi connectivity index (χ4v) is 5.44. The molecule has 0 aliphatic heterocycles. The summed E-state index contributed by atoms with van der Waals surface area (Å²) >= 11 is 1.32. The minimum atomic E-state index is -0.245. The number of amides is 2. The van der Waals surface area contributed by atoms with Gasteiger partial charge in [0.1, 0.15) is 0 Å². The molecule has 1 saturated carbocycles. The Kier molecular flexibility index (Phi) is 6.71. The predicted molar refractivity (Wildman–Crippen MR) is 138 cm³/mol. The van der Waals surface area contributed by atoms with E-state index in [9.17, 15) is 14.7 Å². The number of imidazole rings is 1. The van der Waals surface area contributed by atoms with Crippen molar-refractivity contribution in [3.05, 3.63) is 66.0 Å². The number of aromatic nitrogens is 3. The second-order valence-corrected chi connectivity index (χ2v) is 10.1. The molecule has 1 aromatic carbocycles. The van der Waals surface area contributed by atoms with Gasteiger partial charge in [-0.25, -0.2) is 9.97 Å². The lowest BCUT2D eigenvalue weighted by Gasteiger charge is -2.38. The zero-order valence-electron chi connectivity index (χ0n) is 19.9. The number of hydrogen-bond donors (Lipinski definition) is 2. The molecule has 1 aliphatic rings. The summed E-state index contributed by atoms with van der Waals surface area (Å²) in [4.78, 5) is 36.6. The number of fused-ring (bicyclic) bond motifs is 1. The van der Waals surface area contributed by atoms with Crippen LogP contribution in [-0.4, -0.2) is 49.9 Å². The number of likely N-dealkylation sites (N-methyl/N-ethyl adjacent to an activating group) is 1. The first kappa shape index (κ1) is 24.0. The third kappa shape index (κ3) is 4.69. The predicted octanol–water partition coefficient (Wildman–Crippen LogP) is 4.48. The monoisotopic (exact) mass is 505 g/mol. The van der Waals surface area contributed by atoms with Gasteiger partial charge in [0.15, 0.2) is 12.2 Å². The second-order valence-electron chi connectivity index (χ2n) is 9.01. The van der Waals surface area contributed by atoms with Crippen molar-refractivity contribution < 1.29 is 19.1 Å². The highest BCUT2D eigenvalue weighted by Crippen LogP contribution is 2.43. The average molecular weight is 506 g/mol. The van der Waals surface area contributed by atoms with Crippen molar-refractivity contribution in [2.24, 2.45) is 5.92 Å². The van der Waals surface area contributed by atoms with Crippen molar-refractivity contribution in [2.75, 3.05) is 18.9 Å². The highest BCUT2D eigenvalue weighted by Gasteiger charge is 2.33. The van der Waals surface area contributed by atoms with Gasteiger partial charge in [-0.1, -0.05) is 12.6 Å². The molecule has 0 saturated heterocycles. The van der Waals surface area contributed by atoms with Crippen LogP contribution in [0.3, 0.4) is 0 Å². The zero-order chi connectivity index (χ0) is 25.2. The van der Waals surface area contributed by atoms with Gasteiger partial charge in [-0.3, -0.25) is 14.9 Å². The largest absolute Gasteiger partial charge is 0.443 e. The van der Waals surface area contributed by atoms with Gasteiger partial charge in [0, 0.05) is 19.6 Å². The molecule has 0 spiro atoms. The molecule has 2 N–H and O–H groups in total. The van der Waals surface area contributed by atoms with Crippen LogP contribution in [0.5, 0.6) is 0 Å². The van der Waals surface area contributed by atoms with Crippen LogP contribution in [0, 0.1) is 5.92 Å². The molecule has 1 aliphatic carbocycles. The molecule has 3 aromatic heterocycles. The van der Waals surface area contributed by atoms with Crippen LogP contribution in [0.1, 0.15) is 40.5 Å². The number of carbonyl (C=O) groups excluding carboxylic acids is 2. The molecule has 36 heavy (non-hydrogen) atoms. The van der Waals surface area contributed by atoms with Crippen LogP contribution in [0.25, 0.3) is 21.7 Å². The Morgan fingerprint density at radius 2 is 2.17 bits per heavy atom. The van der Waals surface area contributed by atoms with E-state index >= 15 is 0 Å². The van der Waals surface area contributed by atoms with Gasteiger partial charge in [0.05, 0.1) is 33.6 Å². The van der Waals surface area contributed by atoms with Crippen LogP contribution in [-0.2, 0) is 11.4 Å². The maximum absolute atomic E-state index is 13.1. The van der Waals surface area contributed by atoms with E-state index in [-0.39, 0.29) is 24.5 Å². The molecule has 4 aromatic rings. The molecule has 9 nitrogen and oxygen atoms in total. The van der Waals surface area contributed by atoms with Gasteiger partial charge in [-0.2, -0.15) is 0 Å². The first-order chi connectivity index (χ1) is 17.5. The van der Waals surface area contributed by atoms with Crippen molar-refractivity contribution in [1.29, 1.82) is 0 Å². The maximum Gasteiger partial charge on any atom is 0.268 e. The molecule has 0 unspecified atom stereocenters. The SMILES string of the molecule is C=CC(=O)N(C)CCC1CC(n2c(NC(=O)c3ccc(-c4cnco4)s3)nc3cc(CO)ccc32)C1. The van der Waals surface area contributed by atoms with Crippen molar-refractivity contribution in [3.8, 4) is 10.6 Å². The summed E-state index contributed by atoms with van der Waals surface area (Å²) in [7, 11) is 1.79. The first-order valence-electron chi connectivity index (χ1n) is 11.8. The Morgan fingerprint density at radius 3 is 2.89 bits per heavy atom. The van der Waals surface area contributed by atoms with Crippen molar-refractivity contribution in [2.45, 2.75) is 31.9 Å².